The number of nitrogens with zero attached hydrogens (tertiary/aromatic N) is 3. The Hall–Kier alpha value is -2.71. The van der Waals surface area contributed by atoms with Gasteiger partial charge in [0.05, 0.1) is 30.5 Å². The van der Waals surface area contributed by atoms with E-state index in [0.717, 1.165) is 28.1 Å². The second kappa shape index (κ2) is 12.3. The normalized spacial score (nSPS) is 12.8. The van der Waals surface area contributed by atoms with Gasteiger partial charge in [0, 0.05) is 39.4 Å². The van der Waals surface area contributed by atoms with E-state index < -0.39 is 6.10 Å². The molecule has 0 fully saturated rings. The minimum Gasteiger partial charge on any atom is -0.439 e. The van der Waals surface area contributed by atoms with Crippen molar-refractivity contribution in [2.24, 2.45) is 7.05 Å². The van der Waals surface area contributed by atoms with Gasteiger partial charge in [0.1, 0.15) is 11.4 Å². The Kier molecular flexibility index (Phi) is 9.46. The predicted molar refractivity (Wildman–Crippen MR) is 139 cm³/mol. The van der Waals surface area contributed by atoms with Gasteiger partial charge in [-0.15, -0.1) is 0 Å². The number of benzene rings is 2. The molecule has 0 saturated heterocycles. The van der Waals surface area contributed by atoms with Crippen LogP contribution in [0, 0.1) is 6.92 Å². The Morgan fingerprint density at radius 2 is 1.83 bits per heavy atom. The van der Waals surface area contributed by atoms with Crippen molar-refractivity contribution in [3.05, 3.63) is 65.7 Å². The second-order valence-corrected chi connectivity index (χ2v) is 9.85. The number of methoxy groups -OCH3 is 1. The van der Waals surface area contributed by atoms with Gasteiger partial charge in [0.15, 0.2) is 0 Å². The van der Waals surface area contributed by atoms with Gasteiger partial charge >= 0.3 is 0 Å². The summed E-state index contributed by atoms with van der Waals surface area (Å²) < 4.78 is 19.3. The number of aliphatic hydroxyl groups excluding tert-OH is 1. The van der Waals surface area contributed by atoms with Crippen molar-refractivity contribution < 1.29 is 19.3 Å². The molecule has 7 nitrogen and oxygen atoms in total. The summed E-state index contributed by atoms with van der Waals surface area (Å²) >= 11 is 0. The van der Waals surface area contributed by atoms with Crippen LogP contribution in [0.1, 0.15) is 31.9 Å². The Morgan fingerprint density at radius 1 is 1.09 bits per heavy atom. The minimum atomic E-state index is -0.635. The molecule has 3 aromatic rings. The van der Waals surface area contributed by atoms with E-state index in [1.807, 2.05) is 89.3 Å². The van der Waals surface area contributed by atoms with Crippen molar-refractivity contribution in [1.29, 1.82) is 0 Å². The molecular formula is C28H39N3O4. The Labute approximate surface area is 209 Å². The number of aliphatic hydroxyl groups is 1. The molecule has 190 valence electrons. The van der Waals surface area contributed by atoms with Crippen molar-refractivity contribution in [3.63, 3.8) is 0 Å². The first-order valence-corrected chi connectivity index (χ1v) is 12.1. The first kappa shape index (κ1) is 26.9. The lowest BCUT2D eigenvalue weighted by atomic mass is 10.1. The lowest BCUT2D eigenvalue weighted by Crippen LogP contribution is -2.38. The summed E-state index contributed by atoms with van der Waals surface area (Å²) in [5.74, 6) is 1.44. The van der Waals surface area contributed by atoms with Gasteiger partial charge in [-0.05, 0) is 45.4 Å². The predicted octanol–water partition coefficient (Wildman–Crippen LogP) is 4.81. The number of hydrogen-bond donors (Lipinski definition) is 1. The highest BCUT2D eigenvalue weighted by atomic mass is 16.5. The van der Waals surface area contributed by atoms with Crippen LogP contribution in [0.25, 0.3) is 11.3 Å². The molecule has 0 saturated carbocycles. The van der Waals surface area contributed by atoms with Crippen LogP contribution in [-0.4, -0.2) is 64.9 Å². The van der Waals surface area contributed by atoms with Gasteiger partial charge in [-0.1, -0.05) is 42.5 Å². The van der Waals surface area contributed by atoms with Gasteiger partial charge in [0.25, 0.3) is 0 Å². The Morgan fingerprint density at radius 3 is 2.49 bits per heavy atom. The van der Waals surface area contributed by atoms with Crippen molar-refractivity contribution >= 4 is 0 Å². The van der Waals surface area contributed by atoms with Crippen LogP contribution in [0.2, 0.25) is 0 Å². The molecular weight excluding hydrogens is 442 g/mol. The van der Waals surface area contributed by atoms with Crippen molar-refractivity contribution in [2.75, 3.05) is 33.4 Å². The van der Waals surface area contributed by atoms with Gasteiger partial charge in [-0.2, -0.15) is 5.10 Å². The zero-order valence-corrected chi connectivity index (χ0v) is 21.8. The molecule has 0 radical (unpaired) electrons. The highest BCUT2D eigenvalue weighted by Gasteiger charge is 2.24. The fourth-order valence-corrected chi connectivity index (χ4v) is 3.82. The van der Waals surface area contributed by atoms with Crippen LogP contribution in [0.4, 0.5) is 0 Å². The van der Waals surface area contributed by atoms with Crippen LogP contribution in [0.5, 0.6) is 11.6 Å². The van der Waals surface area contributed by atoms with E-state index in [1.54, 1.807) is 11.8 Å². The standard InChI is InChI=1S/C28H39N3O4/c1-21-11-10-14-24(17-21)35-27-25(26(29-30(27)5)22-12-8-7-9-13-22)19-31(15-16-33-6)18-23(32)20-34-28(2,3)4/h7-14,17,23,32H,15-16,18-20H2,1-6H3. The third kappa shape index (κ3) is 8.18. The maximum absolute atomic E-state index is 10.7. The summed E-state index contributed by atoms with van der Waals surface area (Å²) in [6.45, 7) is 10.4. The molecule has 0 aliphatic rings. The molecule has 0 aliphatic carbocycles. The Bertz CT molecular complexity index is 1060. The van der Waals surface area contributed by atoms with Crippen LogP contribution in [0.3, 0.4) is 0 Å². The largest absolute Gasteiger partial charge is 0.439 e. The first-order chi connectivity index (χ1) is 16.7. The quantitative estimate of drug-likeness (QED) is 0.400. The Balaban J connectivity index is 1.93. The molecule has 1 unspecified atom stereocenters. The number of aryl methyl sites for hydroxylation is 2. The zero-order valence-electron chi connectivity index (χ0n) is 21.8. The monoisotopic (exact) mass is 481 g/mol. The van der Waals surface area contributed by atoms with E-state index in [0.29, 0.717) is 32.1 Å². The van der Waals surface area contributed by atoms with E-state index in [1.165, 1.54) is 0 Å². The van der Waals surface area contributed by atoms with Gasteiger partial charge in [0.2, 0.25) is 5.88 Å². The fourth-order valence-electron chi connectivity index (χ4n) is 3.82. The van der Waals surface area contributed by atoms with Crippen molar-refractivity contribution in [3.8, 4) is 22.9 Å². The van der Waals surface area contributed by atoms with E-state index in [9.17, 15) is 5.11 Å². The summed E-state index contributed by atoms with van der Waals surface area (Å²) in [6.07, 6.45) is -0.635. The van der Waals surface area contributed by atoms with Crippen molar-refractivity contribution in [1.82, 2.24) is 14.7 Å². The highest BCUT2D eigenvalue weighted by Crippen LogP contribution is 2.34. The molecule has 2 aromatic carbocycles. The average Bonchev–Trinajstić information content (AvgIpc) is 3.11. The third-order valence-electron chi connectivity index (χ3n) is 5.51. The summed E-state index contributed by atoms with van der Waals surface area (Å²) in [7, 11) is 3.58. The molecule has 3 rings (SSSR count). The lowest BCUT2D eigenvalue weighted by molar-refractivity contribution is -0.0576. The van der Waals surface area contributed by atoms with Crippen LogP contribution < -0.4 is 4.74 Å². The number of rotatable bonds is 12. The molecule has 0 spiro atoms. The van der Waals surface area contributed by atoms with Gasteiger partial charge in [-0.25, -0.2) is 4.68 Å². The number of ether oxygens (including phenoxy) is 3. The summed E-state index contributed by atoms with van der Waals surface area (Å²) in [5.41, 5.74) is 3.65. The van der Waals surface area contributed by atoms with Gasteiger partial charge in [-0.3, -0.25) is 4.90 Å². The molecule has 35 heavy (non-hydrogen) atoms. The summed E-state index contributed by atoms with van der Waals surface area (Å²) in [5, 5.41) is 15.6. The smallest absolute Gasteiger partial charge is 0.222 e. The maximum atomic E-state index is 10.7. The zero-order chi connectivity index (χ0) is 25.4. The topological polar surface area (TPSA) is 69.0 Å². The second-order valence-electron chi connectivity index (χ2n) is 9.85. The maximum Gasteiger partial charge on any atom is 0.222 e. The molecule has 0 amide bonds. The number of hydrogen-bond acceptors (Lipinski definition) is 6. The third-order valence-corrected chi connectivity index (χ3v) is 5.51. The van der Waals surface area contributed by atoms with Crippen LogP contribution >= 0.6 is 0 Å². The van der Waals surface area contributed by atoms with Crippen LogP contribution in [-0.2, 0) is 23.1 Å². The molecule has 1 N–H and O–H groups in total. The SMILES string of the molecule is COCCN(Cc1c(-c2ccccc2)nn(C)c1Oc1cccc(C)c1)CC(O)COC(C)(C)C. The van der Waals surface area contributed by atoms with Crippen LogP contribution in [0.15, 0.2) is 54.6 Å². The fraction of sp³-hybridized carbons (Fsp3) is 0.464. The van der Waals surface area contributed by atoms with Gasteiger partial charge < -0.3 is 19.3 Å². The molecule has 1 heterocycles. The molecule has 1 atom stereocenters. The van der Waals surface area contributed by atoms with Crippen molar-refractivity contribution in [2.45, 2.75) is 45.9 Å². The molecule has 0 aliphatic heterocycles. The molecule has 1 aromatic heterocycles. The number of aromatic nitrogens is 2. The van der Waals surface area contributed by atoms with E-state index in [-0.39, 0.29) is 12.2 Å². The van der Waals surface area contributed by atoms with E-state index >= 15 is 0 Å². The highest BCUT2D eigenvalue weighted by molar-refractivity contribution is 5.65. The van der Waals surface area contributed by atoms with E-state index in [4.69, 9.17) is 19.3 Å². The summed E-state index contributed by atoms with van der Waals surface area (Å²) in [4.78, 5) is 2.16. The average molecular weight is 482 g/mol. The molecule has 0 bridgehead atoms. The molecule has 7 heteroatoms. The first-order valence-electron chi connectivity index (χ1n) is 12.1. The minimum absolute atomic E-state index is 0.262. The lowest BCUT2D eigenvalue weighted by Gasteiger charge is -2.27. The van der Waals surface area contributed by atoms with E-state index in [2.05, 4.69) is 4.90 Å². The summed E-state index contributed by atoms with van der Waals surface area (Å²) in [6, 6.07) is 18.1.